The van der Waals surface area contributed by atoms with Crippen LogP contribution in [0.3, 0.4) is 0 Å². The first-order valence-electron chi connectivity index (χ1n) is 12.5. The molecule has 0 aliphatic carbocycles. The normalized spacial score (nSPS) is 16.8. The van der Waals surface area contributed by atoms with E-state index in [9.17, 15) is 14.7 Å². The molecule has 1 amide bonds. The van der Waals surface area contributed by atoms with E-state index in [2.05, 4.69) is 42.5 Å². The largest absolute Gasteiger partial charge is 0.481 e. The highest BCUT2D eigenvalue weighted by atomic mass is 32.2. The van der Waals surface area contributed by atoms with Crippen molar-refractivity contribution < 1.29 is 19.8 Å². The first-order valence-corrected chi connectivity index (χ1v) is 13.7. The summed E-state index contributed by atoms with van der Waals surface area (Å²) in [6.07, 6.45) is 5.80. The average Bonchev–Trinajstić information content (AvgIpc) is 3.23. The molecule has 5 nitrogen and oxygen atoms in total. The Morgan fingerprint density at radius 2 is 1.83 bits per heavy atom. The summed E-state index contributed by atoms with van der Waals surface area (Å²) < 4.78 is 0. The minimum Gasteiger partial charge on any atom is -0.481 e. The maximum atomic E-state index is 12.3. The van der Waals surface area contributed by atoms with Gasteiger partial charge in [0.05, 0.1) is 12.1 Å². The Balaban J connectivity index is 1.31. The number of carboxylic acids is 1. The first-order chi connectivity index (χ1) is 17.5. The molecule has 1 heterocycles. The molecule has 0 spiro atoms. The quantitative estimate of drug-likeness (QED) is 0.250. The molecular weight excluding hydrogens is 470 g/mol. The maximum absolute atomic E-state index is 12.3. The molecule has 6 heteroatoms. The molecule has 4 rings (SSSR count). The molecule has 0 unspecified atom stereocenters. The van der Waals surface area contributed by atoms with Crippen LogP contribution in [0.4, 0.5) is 0 Å². The van der Waals surface area contributed by atoms with Gasteiger partial charge >= 0.3 is 5.97 Å². The third-order valence-corrected chi connectivity index (χ3v) is 7.59. The third-order valence-electron chi connectivity index (χ3n) is 6.54. The van der Waals surface area contributed by atoms with Crippen LogP contribution in [0.2, 0.25) is 0 Å². The lowest BCUT2D eigenvalue weighted by molar-refractivity contribution is -0.137. The van der Waals surface area contributed by atoms with Crippen molar-refractivity contribution in [1.82, 2.24) is 4.90 Å². The summed E-state index contributed by atoms with van der Waals surface area (Å²) in [5.41, 5.74) is 3.35. The van der Waals surface area contributed by atoms with Crippen LogP contribution in [0.5, 0.6) is 0 Å². The van der Waals surface area contributed by atoms with Gasteiger partial charge in [0.1, 0.15) is 0 Å². The van der Waals surface area contributed by atoms with Crippen molar-refractivity contribution in [3.8, 4) is 11.1 Å². The molecule has 3 aromatic rings. The summed E-state index contributed by atoms with van der Waals surface area (Å²) in [4.78, 5) is 24.8. The lowest BCUT2D eigenvalue weighted by Crippen LogP contribution is -2.34. The lowest BCUT2D eigenvalue weighted by atomic mass is 9.98. The maximum Gasteiger partial charge on any atom is 0.303 e. The molecule has 1 fully saturated rings. The number of fused-ring (bicyclic) bond motifs is 1. The smallest absolute Gasteiger partial charge is 0.303 e. The van der Waals surface area contributed by atoms with E-state index in [1.165, 1.54) is 10.8 Å². The summed E-state index contributed by atoms with van der Waals surface area (Å²) in [5, 5.41) is 21.8. The van der Waals surface area contributed by atoms with Crippen LogP contribution in [0.1, 0.15) is 31.2 Å². The van der Waals surface area contributed by atoms with Crippen molar-refractivity contribution in [1.29, 1.82) is 0 Å². The van der Waals surface area contributed by atoms with Crippen molar-refractivity contribution >= 4 is 34.4 Å². The molecule has 1 aliphatic rings. The van der Waals surface area contributed by atoms with Crippen LogP contribution in [0, 0.1) is 0 Å². The van der Waals surface area contributed by atoms with Gasteiger partial charge < -0.3 is 15.1 Å². The fourth-order valence-electron chi connectivity index (χ4n) is 4.65. The standard InChI is InChI=1S/C30H33NO4S/c32-28(14-12-27-13-15-29(33)31(27)16-18-36-17-4-9-30(34)35)20-22-5-3-8-24(19-22)26-11-10-23-6-1-2-7-25(23)21-26/h1-3,5-8,10-12,14,19,21,27-28,32H,4,9,13,15-18,20H2,(H,34,35)/t27-,28+/m0/s1. The Kier molecular flexibility index (Phi) is 9.20. The summed E-state index contributed by atoms with van der Waals surface area (Å²) in [5.74, 6) is 0.953. The van der Waals surface area contributed by atoms with Gasteiger partial charge in [0.2, 0.25) is 5.91 Å². The molecule has 0 aromatic heterocycles. The highest BCUT2D eigenvalue weighted by molar-refractivity contribution is 7.99. The highest BCUT2D eigenvalue weighted by Crippen LogP contribution is 2.26. The van der Waals surface area contributed by atoms with Crippen LogP contribution in [-0.4, -0.2) is 57.2 Å². The van der Waals surface area contributed by atoms with Crippen molar-refractivity contribution in [2.45, 2.75) is 44.2 Å². The SMILES string of the molecule is O=C(O)CCCSCCN1C(=O)CC[C@@H]1C=C[C@@H](O)Cc1cccc(-c2ccc3ccccc3c2)c1. The number of aliphatic carboxylic acids is 1. The van der Waals surface area contributed by atoms with Crippen molar-refractivity contribution in [2.75, 3.05) is 18.1 Å². The number of aliphatic hydroxyl groups excluding tert-OH is 1. The number of aliphatic hydroxyl groups is 1. The first kappa shape index (κ1) is 26.0. The zero-order chi connectivity index (χ0) is 25.3. The average molecular weight is 504 g/mol. The molecule has 1 saturated heterocycles. The number of carbonyl (C=O) groups excluding carboxylic acids is 1. The van der Waals surface area contributed by atoms with E-state index in [0.717, 1.165) is 34.6 Å². The van der Waals surface area contributed by atoms with Gasteiger partial charge in [-0.3, -0.25) is 9.59 Å². The molecule has 0 bridgehead atoms. The van der Waals surface area contributed by atoms with Gasteiger partial charge in [0.25, 0.3) is 0 Å². The topological polar surface area (TPSA) is 77.8 Å². The number of benzene rings is 3. The molecule has 2 atom stereocenters. The number of rotatable bonds is 12. The van der Waals surface area contributed by atoms with Gasteiger partial charge in [-0.2, -0.15) is 11.8 Å². The number of thioether (sulfide) groups is 1. The van der Waals surface area contributed by atoms with Crippen molar-refractivity contribution in [3.63, 3.8) is 0 Å². The molecule has 188 valence electrons. The van der Waals surface area contributed by atoms with Gasteiger partial charge in [0.15, 0.2) is 0 Å². The number of carbonyl (C=O) groups is 2. The summed E-state index contributed by atoms with van der Waals surface area (Å²) in [6, 6.07) is 23.1. The Morgan fingerprint density at radius 1 is 1.03 bits per heavy atom. The fourth-order valence-corrected chi connectivity index (χ4v) is 5.53. The lowest BCUT2D eigenvalue weighted by Gasteiger charge is -2.22. The van der Waals surface area contributed by atoms with Crippen LogP contribution in [0.15, 0.2) is 78.9 Å². The number of amides is 1. The highest BCUT2D eigenvalue weighted by Gasteiger charge is 2.28. The second-order valence-electron chi connectivity index (χ2n) is 9.22. The number of hydrogen-bond donors (Lipinski definition) is 2. The monoisotopic (exact) mass is 503 g/mol. The van der Waals surface area contributed by atoms with E-state index in [4.69, 9.17) is 5.11 Å². The van der Waals surface area contributed by atoms with E-state index >= 15 is 0 Å². The zero-order valence-corrected chi connectivity index (χ0v) is 21.2. The third kappa shape index (κ3) is 7.21. The summed E-state index contributed by atoms with van der Waals surface area (Å²) >= 11 is 1.68. The Labute approximate surface area is 216 Å². The Morgan fingerprint density at radius 3 is 2.67 bits per heavy atom. The summed E-state index contributed by atoms with van der Waals surface area (Å²) in [7, 11) is 0. The van der Waals surface area contributed by atoms with E-state index < -0.39 is 12.1 Å². The number of nitrogens with zero attached hydrogens (tertiary/aromatic N) is 1. The van der Waals surface area contributed by atoms with Crippen LogP contribution in [-0.2, 0) is 16.0 Å². The Bertz CT molecular complexity index is 1220. The minimum absolute atomic E-state index is 0.00991. The molecule has 1 aliphatic heterocycles. The number of carboxylic acid groups (broad SMARTS) is 1. The predicted molar refractivity (Wildman–Crippen MR) is 147 cm³/mol. The summed E-state index contributed by atoms with van der Waals surface area (Å²) in [6.45, 7) is 0.648. The van der Waals surface area contributed by atoms with Gasteiger partial charge in [-0.1, -0.05) is 72.8 Å². The van der Waals surface area contributed by atoms with Crippen LogP contribution >= 0.6 is 11.8 Å². The van der Waals surface area contributed by atoms with E-state index in [0.29, 0.717) is 25.8 Å². The number of hydrogen-bond acceptors (Lipinski definition) is 4. The molecule has 36 heavy (non-hydrogen) atoms. The van der Waals surface area contributed by atoms with Gasteiger partial charge in [-0.25, -0.2) is 0 Å². The minimum atomic E-state index is -0.769. The van der Waals surface area contributed by atoms with Gasteiger partial charge in [-0.05, 0) is 52.1 Å². The fraction of sp³-hybridized carbons (Fsp3) is 0.333. The Hall–Kier alpha value is -3.09. The van der Waals surface area contributed by atoms with Gasteiger partial charge in [0, 0.05) is 31.6 Å². The van der Waals surface area contributed by atoms with E-state index in [-0.39, 0.29) is 18.4 Å². The van der Waals surface area contributed by atoms with Crippen molar-refractivity contribution in [2.24, 2.45) is 0 Å². The number of likely N-dealkylation sites (tertiary alicyclic amines) is 1. The molecule has 0 saturated carbocycles. The van der Waals surface area contributed by atoms with Crippen molar-refractivity contribution in [3.05, 3.63) is 84.4 Å². The molecule has 0 radical (unpaired) electrons. The van der Waals surface area contributed by atoms with Gasteiger partial charge in [-0.15, -0.1) is 0 Å². The predicted octanol–water partition coefficient (Wildman–Crippen LogP) is 5.56. The van der Waals surface area contributed by atoms with Crippen LogP contribution in [0.25, 0.3) is 21.9 Å². The van der Waals surface area contributed by atoms with E-state index in [1.807, 2.05) is 41.3 Å². The second-order valence-corrected chi connectivity index (χ2v) is 10.4. The molecule has 3 aromatic carbocycles. The second kappa shape index (κ2) is 12.7. The van der Waals surface area contributed by atoms with E-state index in [1.54, 1.807) is 11.8 Å². The molecule has 2 N–H and O–H groups in total. The zero-order valence-electron chi connectivity index (χ0n) is 20.4. The molecular formula is C30H33NO4S. The van der Waals surface area contributed by atoms with Crippen LogP contribution < -0.4 is 0 Å².